The fraction of sp³-hybridized carbons (Fsp3) is 0.830. The molecule has 0 radical (unpaired) electrons. The van der Waals surface area contributed by atoms with Crippen molar-refractivity contribution >= 4 is 36.3 Å². The van der Waals surface area contributed by atoms with Gasteiger partial charge in [-0.25, -0.2) is 0 Å². The molecule has 1 N–H and O–H groups in total. The SMILES string of the molecule is Cc1csc(C(O)CCC[C@@H](C)[C@H]2CC[C@H]3/C(=C/C=C4C[C@@H](O[Si](C)(C)C(C)(C)C)C(O[Si](C)(C)C(C)(C)C)[C@H](O[Si](C)(C)C(C)(C)C)C4)CCC[C@]23C)c1. The van der Waals surface area contributed by atoms with Crippen molar-refractivity contribution in [1.29, 1.82) is 0 Å². The molecule has 1 unspecified atom stereocenters. The van der Waals surface area contributed by atoms with Crippen molar-refractivity contribution in [3.63, 3.8) is 0 Å². The fourth-order valence-electron chi connectivity index (χ4n) is 9.25. The quantitative estimate of drug-likeness (QED) is 0.201. The Balaban J connectivity index is 1.61. The van der Waals surface area contributed by atoms with Crippen LogP contribution in [0.5, 0.6) is 0 Å². The van der Waals surface area contributed by atoms with Gasteiger partial charge in [-0.2, -0.15) is 0 Å². The second-order valence-corrected chi connectivity index (χ2v) is 38.4. The predicted molar refractivity (Wildman–Crippen MR) is 247 cm³/mol. The summed E-state index contributed by atoms with van der Waals surface area (Å²) >= 11 is 1.70. The number of rotatable bonds is 13. The minimum Gasteiger partial charge on any atom is -0.411 e. The summed E-state index contributed by atoms with van der Waals surface area (Å²) in [6.45, 7) is 43.0. The van der Waals surface area contributed by atoms with E-state index in [1.165, 1.54) is 49.7 Å². The Kier molecular flexibility index (Phi) is 14.9. The van der Waals surface area contributed by atoms with E-state index in [2.05, 4.69) is 146 Å². The minimum atomic E-state index is -2.13. The molecule has 1 aromatic heterocycles. The zero-order valence-corrected chi connectivity index (χ0v) is 42.8. The third-order valence-corrected chi connectivity index (χ3v) is 30.5. The average Bonchev–Trinajstić information content (AvgIpc) is 3.62. The molecule has 0 bridgehead atoms. The van der Waals surface area contributed by atoms with Crippen molar-refractivity contribution in [2.45, 2.75) is 226 Å². The number of hydrogen-bond acceptors (Lipinski definition) is 5. The molecule has 8 heteroatoms. The van der Waals surface area contributed by atoms with E-state index in [9.17, 15) is 5.11 Å². The lowest BCUT2D eigenvalue weighted by Crippen LogP contribution is -2.59. The van der Waals surface area contributed by atoms with E-state index in [0.717, 1.165) is 36.5 Å². The summed E-state index contributed by atoms with van der Waals surface area (Å²) in [6.07, 6.45) is 16.2. The Bertz CT molecular complexity index is 1450. The van der Waals surface area contributed by atoms with Gasteiger partial charge in [0.15, 0.2) is 25.0 Å². The van der Waals surface area contributed by atoms with Crippen LogP contribution < -0.4 is 0 Å². The van der Waals surface area contributed by atoms with Crippen LogP contribution in [-0.2, 0) is 13.3 Å². The van der Waals surface area contributed by atoms with Gasteiger partial charge in [0, 0.05) is 4.88 Å². The summed E-state index contributed by atoms with van der Waals surface area (Å²) in [7, 11) is -6.34. The first-order valence-corrected chi connectivity index (χ1v) is 31.7. The van der Waals surface area contributed by atoms with Crippen molar-refractivity contribution < 1.29 is 18.4 Å². The van der Waals surface area contributed by atoms with Gasteiger partial charge in [-0.05, 0) is 153 Å². The molecular weight excluding hydrogens is 745 g/mol. The van der Waals surface area contributed by atoms with E-state index in [4.69, 9.17) is 13.3 Å². The highest BCUT2D eigenvalue weighted by Crippen LogP contribution is 2.60. The number of fused-ring (bicyclic) bond motifs is 1. The molecule has 0 aliphatic heterocycles. The second kappa shape index (κ2) is 17.3. The monoisotopic (exact) mass is 831 g/mol. The lowest BCUT2D eigenvalue weighted by Gasteiger charge is -2.51. The molecular formula is C47H86O4SSi3. The van der Waals surface area contributed by atoms with Crippen LogP contribution in [0.3, 0.4) is 0 Å². The summed E-state index contributed by atoms with van der Waals surface area (Å²) < 4.78 is 22.4. The van der Waals surface area contributed by atoms with Gasteiger partial charge in [-0.3, -0.25) is 0 Å². The highest BCUT2D eigenvalue weighted by atomic mass is 32.1. The van der Waals surface area contributed by atoms with Gasteiger partial charge in [0.25, 0.3) is 0 Å². The van der Waals surface area contributed by atoms with Crippen LogP contribution in [0, 0.1) is 30.1 Å². The Morgan fingerprint density at radius 2 is 1.35 bits per heavy atom. The number of allylic oxidation sites excluding steroid dienone is 3. The van der Waals surface area contributed by atoms with Crippen molar-refractivity contribution in [3.8, 4) is 0 Å². The van der Waals surface area contributed by atoms with Crippen LogP contribution in [0.25, 0.3) is 0 Å². The van der Waals surface area contributed by atoms with Gasteiger partial charge < -0.3 is 18.4 Å². The molecule has 7 atom stereocenters. The minimum absolute atomic E-state index is 0.0149. The Labute approximate surface area is 347 Å². The largest absolute Gasteiger partial charge is 0.411 e. The van der Waals surface area contributed by atoms with Gasteiger partial charge >= 0.3 is 0 Å². The highest BCUT2D eigenvalue weighted by Gasteiger charge is 2.52. The van der Waals surface area contributed by atoms with Crippen LogP contribution in [0.15, 0.2) is 34.7 Å². The van der Waals surface area contributed by atoms with E-state index >= 15 is 0 Å². The molecule has 0 saturated heterocycles. The van der Waals surface area contributed by atoms with Crippen LogP contribution in [0.4, 0.5) is 0 Å². The van der Waals surface area contributed by atoms with E-state index in [1.807, 2.05) is 0 Å². The summed E-state index contributed by atoms with van der Waals surface area (Å²) in [5, 5.41) is 13.3. The van der Waals surface area contributed by atoms with Crippen LogP contribution in [0.1, 0.15) is 157 Å². The van der Waals surface area contributed by atoms with E-state index < -0.39 is 25.0 Å². The first-order valence-electron chi connectivity index (χ1n) is 22.1. The van der Waals surface area contributed by atoms with Crippen LogP contribution >= 0.6 is 11.3 Å². The first-order chi connectivity index (χ1) is 25.0. The lowest BCUT2D eigenvalue weighted by atomic mass is 9.60. The maximum absolute atomic E-state index is 10.8. The summed E-state index contributed by atoms with van der Waals surface area (Å²) in [6, 6.07) is 2.16. The second-order valence-electron chi connectivity index (χ2n) is 23.2. The molecule has 1 aromatic rings. The molecule has 55 heavy (non-hydrogen) atoms. The maximum Gasteiger partial charge on any atom is 0.192 e. The number of aliphatic hydroxyl groups is 1. The van der Waals surface area contributed by atoms with Gasteiger partial charge in [-0.15, -0.1) is 11.3 Å². The molecule has 3 saturated carbocycles. The molecule has 3 fully saturated rings. The van der Waals surface area contributed by atoms with Gasteiger partial charge in [0.2, 0.25) is 0 Å². The van der Waals surface area contributed by atoms with E-state index in [-0.39, 0.29) is 39.5 Å². The molecule has 0 spiro atoms. The topological polar surface area (TPSA) is 47.9 Å². The number of aryl methyl sites for hydroxylation is 1. The molecule has 0 aromatic carbocycles. The van der Waals surface area contributed by atoms with Gasteiger partial charge in [-0.1, -0.05) is 112 Å². The zero-order chi connectivity index (χ0) is 41.6. The zero-order valence-electron chi connectivity index (χ0n) is 39.0. The maximum atomic E-state index is 10.8. The molecule has 4 rings (SSSR count). The average molecular weight is 832 g/mol. The number of hydrogen-bond donors (Lipinski definition) is 1. The van der Waals surface area contributed by atoms with Gasteiger partial charge in [0.05, 0.1) is 24.4 Å². The Morgan fingerprint density at radius 1 is 0.818 bits per heavy atom. The Morgan fingerprint density at radius 3 is 1.84 bits per heavy atom. The van der Waals surface area contributed by atoms with Gasteiger partial charge in [0.1, 0.15) is 0 Å². The Hall–Kier alpha value is -0.329. The van der Waals surface area contributed by atoms with Crippen LogP contribution in [-0.4, -0.2) is 48.4 Å². The number of aliphatic hydroxyl groups excluding tert-OH is 1. The summed E-state index contributed by atoms with van der Waals surface area (Å²) in [5.41, 5.74) is 4.78. The third-order valence-electron chi connectivity index (χ3n) is 15.9. The van der Waals surface area contributed by atoms with Crippen molar-refractivity contribution in [3.05, 3.63) is 45.2 Å². The molecule has 316 valence electrons. The van der Waals surface area contributed by atoms with Crippen LogP contribution in [0.2, 0.25) is 54.4 Å². The summed E-state index contributed by atoms with van der Waals surface area (Å²) in [4.78, 5) is 1.13. The van der Waals surface area contributed by atoms with E-state index in [1.54, 1.807) is 16.9 Å². The van der Waals surface area contributed by atoms with Crippen molar-refractivity contribution in [2.24, 2.45) is 23.2 Å². The van der Waals surface area contributed by atoms with Crippen molar-refractivity contribution in [1.82, 2.24) is 0 Å². The smallest absolute Gasteiger partial charge is 0.192 e. The molecule has 3 aliphatic rings. The molecule has 1 heterocycles. The van der Waals surface area contributed by atoms with Crippen molar-refractivity contribution in [2.75, 3.05) is 0 Å². The molecule has 0 amide bonds. The summed E-state index contributed by atoms with van der Waals surface area (Å²) in [5.74, 6) is 2.10. The molecule has 3 aliphatic carbocycles. The van der Waals surface area contributed by atoms with E-state index in [0.29, 0.717) is 17.3 Å². The first kappa shape index (κ1) is 47.3. The normalized spacial score (nSPS) is 29.4. The predicted octanol–water partition coefficient (Wildman–Crippen LogP) is 14.9. The fourth-order valence-corrected chi connectivity index (χ4v) is 14.2. The lowest BCUT2D eigenvalue weighted by molar-refractivity contribution is -0.0527. The molecule has 4 nitrogen and oxygen atoms in total. The highest BCUT2D eigenvalue weighted by molar-refractivity contribution is 7.10. The standard InChI is InChI=1S/C47H86O4SSi3/c1-33-29-42(52-32-33)39(48)23-19-21-34(2)37-26-27-38-36(22-20-28-47(37,38)12)25-24-35-30-40(49-53(13,14)44(3,4)5)43(51-55(17,18)46(9,10)11)41(31-35)50-54(15,16)45(6,7)8/h24-25,29,32,34,37-41,43,48H,19-23,26-28,30-31H2,1-18H3/b35-24?,36-25+/t34-,37-,38+,39?,40-,41-,43?,47-/m1/s1. The number of thiophene rings is 1. The third kappa shape index (κ3) is 11.1.